The highest BCUT2D eigenvalue weighted by molar-refractivity contribution is 7.91. The molecule has 8 nitrogen and oxygen atoms in total. The Morgan fingerprint density at radius 3 is 2.60 bits per heavy atom. The number of morpholine rings is 1. The fourth-order valence-electron chi connectivity index (χ4n) is 3.58. The second kappa shape index (κ2) is 8.84. The van der Waals surface area contributed by atoms with Crippen molar-refractivity contribution in [2.75, 3.05) is 43.1 Å². The maximum atomic E-state index is 12.7. The fraction of sp³-hybridized carbons (Fsp3) is 0.400. The summed E-state index contributed by atoms with van der Waals surface area (Å²) in [5.41, 5.74) is 1.27. The number of anilines is 2. The Morgan fingerprint density at radius 2 is 1.87 bits per heavy atom. The Kier molecular flexibility index (Phi) is 6.19. The quantitative estimate of drug-likeness (QED) is 0.728. The second-order valence-electron chi connectivity index (χ2n) is 7.13. The number of carbonyl (C=O) groups is 2. The lowest BCUT2D eigenvalue weighted by molar-refractivity contribution is -0.117. The molecule has 2 saturated heterocycles. The van der Waals surface area contributed by atoms with Crippen LogP contribution in [0.4, 0.5) is 11.4 Å². The van der Waals surface area contributed by atoms with E-state index < -0.39 is 10.0 Å². The SMILES string of the molecule is O=C(Cc1ccc(S(=O)(=O)N2CCOCC2)s1)Nc1ccccc1N1CCCC1=O. The molecule has 3 heterocycles. The zero-order chi connectivity index (χ0) is 21.1. The van der Waals surface area contributed by atoms with Gasteiger partial charge in [0.05, 0.1) is 31.0 Å². The van der Waals surface area contributed by atoms with Crippen molar-refractivity contribution < 1.29 is 22.7 Å². The highest BCUT2D eigenvalue weighted by atomic mass is 32.2. The monoisotopic (exact) mass is 449 g/mol. The van der Waals surface area contributed by atoms with Crippen molar-refractivity contribution in [1.82, 2.24) is 4.31 Å². The summed E-state index contributed by atoms with van der Waals surface area (Å²) in [5, 5.41) is 2.87. The van der Waals surface area contributed by atoms with Crippen LogP contribution in [0.25, 0.3) is 0 Å². The molecule has 1 N–H and O–H groups in total. The Hall–Kier alpha value is -2.27. The highest BCUT2D eigenvalue weighted by Gasteiger charge is 2.28. The van der Waals surface area contributed by atoms with E-state index in [2.05, 4.69) is 5.32 Å². The first-order chi connectivity index (χ1) is 14.4. The summed E-state index contributed by atoms with van der Waals surface area (Å²) in [7, 11) is -3.56. The van der Waals surface area contributed by atoms with Crippen LogP contribution < -0.4 is 10.2 Å². The summed E-state index contributed by atoms with van der Waals surface area (Å²) < 4.78 is 32.3. The van der Waals surface area contributed by atoms with E-state index in [0.717, 1.165) is 17.8 Å². The lowest BCUT2D eigenvalue weighted by atomic mass is 10.2. The molecule has 10 heteroatoms. The number of para-hydroxylation sites is 2. The first kappa shape index (κ1) is 21.0. The van der Waals surface area contributed by atoms with Crippen molar-refractivity contribution in [2.24, 2.45) is 0 Å². The summed E-state index contributed by atoms with van der Waals surface area (Å²) in [6.07, 6.45) is 1.38. The van der Waals surface area contributed by atoms with Gasteiger partial charge in [0.1, 0.15) is 4.21 Å². The minimum atomic E-state index is -3.56. The molecule has 4 rings (SSSR count). The third-order valence-electron chi connectivity index (χ3n) is 5.08. The number of amides is 2. The molecule has 160 valence electrons. The molecule has 1 aromatic carbocycles. The summed E-state index contributed by atoms with van der Waals surface area (Å²) in [6, 6.07) is 10.4. The Bertz CT molecular complexity index is 1040. The molecular formula is C20H23N3O5S2. The molecule has 30 heavy (non-hydrogen) atoms. The van der Waals surface area contributed by atoms with Crippen LogP contribution in [-0.4, -0.2) is 57.4 Å². The van der Waals surface area contributed by atoms with Gasteiger partial charge in [-0.3, -0.25) is 9.59 Å². The first-order valence-electron chi connectivity index (χ1n) is 9.81. The molecule has 2 aliphatic heterocycles. The van der Waals surface area contributed by atoms with Gasteiger partial charge in [-0.25, -0.2) is 8.42 Å². The van der Waals surface area contributed by atoms with Gasteiger partial charge in [0.2, 0.25) is 11.8 Å². The molecule has 0 unspecified atom stereocenters. The number of ether oxygens (including phenoxy) is 1. The maximum absolute atomic E-state index is 12.7. The average molecular weight is 450 g/mol. The maximum Gasteiger partial charge on any atom is 0.252 e. The van der Waals surface area contributed by atoms with E-state index in [1.807, 2.05) is 12.1 Å². The van der Waals surface area contributed by atoms with E-state index in [4.69, 9.17) is 4.74 Å². The zero-order valence-corrected chi connectivity index (χ0v) is 18.0. The molecular weight excluding hydrogens is 426 g/mol. The molecule has 0 aliphatic carbocycles. The number of hydrogen-bond acceptors (Lipinski definition) is 6. The van der Waals surface area contributed by atoms with Crippen LogP contribution in [0.5, 0.6) is 0 Å². The van der Waals surface area contributed by atoms with Crippen LogP contribution in [0, 0.1) is 0 Å². The Labute approximate surface area is 179 Å². The molecule has 0 radical (unpaired) electrons. The number of carbonyl (C=O) groups excluding carboxylic acids is 2. The van der Waals surface area contributed by atoms with Gasteiger partial charge in [0.25, 0.3) is 10.0 Å². The van der Waals surface area contributed by atoms with Gasteiger partial charge in [-0.2, -0.15) is 4.31 Å². The highest BCUT2D eigenvalue weighted by Crippen LogP contribution is 2.30. The van der Waals surface area contributed by atoms with E-state index in [-0.39, 0.29) is 22.4 Å². The van der Waals surface area contributed by atoms with Crippen molar-refractivity contribution >= 4 is 44.5 Å². The molecule has 0 saturated carbocycles. The van der Waals surface area contributed by atoms with Crippen molar-refractivity contribution in [1.29, 1.82) is 0 Å². The fourth-order valence-corrected chi connectivity index (χ4v) is 6.49. The smallest absolute Gasteiger partial charge is 0.252 e. The topological polar surface area (TPSA) is 96.0 Å². The van der Waals surface area contributed by atoms with Crippen LogP contribution in [0.15, 0.2) is 40.6 Å². The van der Waals surface area contributed by atoms with Gasteiger partial charge < -0.3 is 15.0 Å². The van der Waals surface area contributed by atoms with Crippen LogP contribution in [-0.2, 0) is 30.8 Å². The third kappa shape index (κ3) is 4.41. The van der Waals surface area contributed by atoms with E-state index in [1.54, 1.807) is 29.2 Å². The largest absolute Gasteiger partial charge is 0.379 e. The van der Waals surface area contributed by atoms with Crippen molar-refractivity contribution in [2.45, 2.75) is 23.5 Å². The van der Waals surface area contributed by atoms with Crippen LogP contribution in [0.3, 0.4) is 0 Å². The predicted molar refractivity (Wildman–Crippen MR) is 114 cm³/mol. The lowest BCUT2D eigenvalue weighted by Gasteiger charge is -2.25. The van der Waals surface area contributed by atoms with Gasteiger partial charge >= 0.3 is 0 Å². The predicted octanol–water partition coefficient (Wildman–Crippen LogP) is 2.08. The van der Waals surface area contributed by atoms with E-state index in [0.29, 0.717) is 55.5 Å². The number of benzene rings is 1. The standard InChI is InChI=1S/C20H23N3O5S2/c24-18(21-16-4-1-2-5-17(16)23-9-3-6-19(23)25)14-15-7-8-20(29-15)30(26,27)22-10-12-28-13-11-22/h1-2,4-5,7-8H,3,6,9-14H2,(H,21,24). The van der Waals surface area contributed by atoms with Gasteiger partial charge in [0, 0.05) is 30.9 Å². The van der Waals surface area contributed by atoms with Gasteiger partial charge in [-0.1, -0.05) is 12.1 Å². The van der Waals surface area contributed by atoms with E-state index in [9.17, 15) is 18.0 Å². The zero-order valence-electron chi connectivity index (χ0n) is 16.4. The molecule has 0 atom stereocenters. The van der Waals surface area contributed by atoms with Crippen molar-refractivity contribution in [3.05, 3.63) is 41.3 Å². The molecule has 2 fully saturated rings. The molecule has 1 aromatic heterocycles. The van der Waals surface area contributed by atoms with Crippen LogP contribution >= 0.6 is 11.3 Å². The van der Waals surface area contributed by atoms with Gasteiger partial charge in [-0.05, 0) is 30.7 Å². The summed E-state index contributed by atoms with van der Waals surface area (Å²) in [6.45, 7) is 2.08. The first-order valence-corrected chi connectivity index (χ1v) is 12.1. The number of nitrogens with one attached hydrogen (secondary N) is 1. The lowest BCUT2D eigenvalue weighted by Crippen LogP contribution is -2.40. The molecule has 2 aliphatic rings. The summed E-state index contributed by atoms with van der Waals surface area (Å²) >= 11 is 1.11. The van der Waals surface area contributed by atoms with Crippen LogP contribution in [0.1, 0.15) is 17.7 Å². The van der Waals surface area contributed by atoms with E-state index >= 15 is 0 Å². The number of nitrogens with zero attached hydrogens (tertiary/aromatic N) is 2. The molecule has 2 aromatic rings. The van der Waals surface area contributed by atoms with Crippen LogP contribution in [0.2, 0.25) is 0 Å². The van der Waals surface area contributed by atoms with E-state index in [1.165, 1.54) is 4.31 Å². The average Bonchev–Trinajstić information content (AvgIpc) is 3.38. The molecule has 0 bridgehead atoms. The summed E-state index contributed by atoms with van der Waals surface area (Å²) in [5.74, 6) is -0.209. The van der Waals surface area contributed by atoms with Gasteiger partial charge in [0.15, 0.2) is 0 Å². The number of thiophene rings is 1. The minimum absolute atomic E-state index is 0.0490. The number of sulfonamides is 1. The van der Waals surface area contributed by atoms with Crippen molar-refractivity contribution in [3.8, 4) is 0 Å². The molecule has 2 amide bonds. The Balaban J connectivity index is 1.44. The summed E-state index contributed by atoms with van der Waals surface area (Å²) in [4.78, 5) is 27.0. The normalized spacial score (nSPS) is 18.0. The Morgan fingerprint density at radius 1 is 1.10 bits per heavy atom. The van der Waals surface area contributed by atoms with Gasteiger partial charge in [-0.15, -0.1) is 11.3 Å². The minimum Gasteiger partial charge on any atom is -0.379 e. The van der Waals surface area contributed by atoms with Crippen molar-refractivity contribution in [3.63, 3.8) is 0 Å². The second-order valence-corrected chi connectivity index (χ2v) is 10.5. The molecule has 0 spiro atoms. The number of hydrogen-bond donors (Lipinski definition) is 1. The third-order valence-corrected chi connectivity index (χ3v) is 8.53. The number of rotatable bonds is 6.